The van der Waals surface area contributed by atoms with E-state index in [1.54, 1.807) is 35.1 Å². The van der Waals surface area contributed by atoms with Gasteiger partial charge < -0.3 is 13.9 Å². The largest absolute Gasteiger partial charge is 0.487 e. The molecule has 4 aromatic heterocycles. The maximum Gasteiger partial charge on any atom is 0.208 e. The van der Waals surface area contributed by atoms with Crippen LogP contribution in [0.15, 0.2) is 36.9 Å². The predicted octanol–water partition coefficient (Wildman–Crippen LogP) is 3.55. The van der Waals surface area contributed by atoms with Crippen LogP contribution in [0.25, 0.3) is 11.3 Å². The second-order valence-electron chi connectivity index (χ2n) is 9.72. The molecule has 33 heavy (non-hydrogen) atoms. The normalized spacial score (nSPS) is 24.0. The third-order valence-electron chi connectivity index (χ3n) is 6.66. The summed E-state index contributed by atoms with van der Waals surface area (Å²) in [5, 5.41) is 4.19. The molecule has 1 aliphatic carbocycles. The quantitative estimate of drug-likeness (QED) is 0.419. The minimum Gasteiger partial charge on any atom is -0.487 e. The average molecular weight is 449 g/mol. The third-order valence-corrected chi connectivity index (χ3v) is 6.66. The maximum absolute atomic E-state index is 15.7. The summed E-state index contributed by atoms with van der Waals surface area (Å²) in [4.78, 5) is 22.0. The van der Waals surface area contributed by atoms with Crippen LogP contribution >= 0.6 is 0 Å². The lowest BCUT2D eigenvalue weighted by Crippen LogP contribution is -2.45. The first kappa shape index (κ1) is 20.3. The summed E-state index contributed by atoms with van der Waals surface area (Å²) in [6.45, 7) is 6.35. The summed E-state index contributed by atoms with van der Waals surface area (Å²) in [5.74, 6) is -0.708. The Balaban J connectivity index is 1.42. The molecule has 3 aliphatic rings. The number of imidazole rings is 1. The number of ketones is 1. The molecule has 2 aliphatic heterocycles. The molecule has 0 atom stereocenters. The van der Waals surface area contributed by atoms with Crippen LogP contribution < -0.4 is 4.74 Å². The monoisotopic (exact) mass is 449 g/mol. The van der Waals surface area contributed by atoms with E-state index >= 15 is 4.39 Å². The van der Waals surface area contributed by atoms with Gasteiger partial charge in [0.25, 0.3) is 0 Å². The van der Waals surface area contributed by atoms with Gasteiger partial charge in [0, 0.05) is 42.1 Å². The lowest BCUT2D eigenvalue weighted by molar-refractivity contribution is 0.0154. The summed E-state index contributed by atoms with van der Waals surface area (Å²) in [5.41, 5.74) is 2.17. The zero-order chi connectivity index (χ0) is 23.0. The maximum atomic E-state index is 15.7. The van der Waals surface area contributed by atoms with Crippen LogP contribution in [0.3, 0.4) is 0 Å². The van der Waals surface area contributed by atoms with Gasteiger partial charge in [-0.3, -0.25) is 4.79 Å². The van der Waals surface area contributed by atoms with Gasteiger partial charge in [-0.25, -0.2) is 14.5 Å². The van der Waals surface area contributed by atoms with Crippen molar-refractivity contribution >= 4 is 17.1 Å². The highest BCUT2D eigenvalue weighted by atomic mass is 19.1. The van der Waals surface area contributed by atoms with Crippen LogP contribution in [0.2, 0.25) is 0 Å². The Hall–Kier alpha value is -3.33. The molecular formula is C24H24FN5O3. The Kier molecular flexibility index (Phi) is 4.20. The van der Waals surface area contributed by atoms with E-state index in [-0.39, 0.29) is 40.7 Å². The number of carbonyl (C=O) groups is 1. The van der Waals surface area contributed by atoms with E-state index in [1.807, 2.05) is 20.0 Å². The summed E-state index contributed by atoms with van der Waals surface area (Å²) >= 11 is 0. The van der Waals surface area contributed by atoms with Gasteiger partial charge in [0.15, 0.2) is 22.8 Å². The molecule has 1 saturated carbocycles. The van der Waals surface area contributed by atoms with Crippen LogP contribution in [0, 0.1) is 5.82 Å². The molecule has 0 amide bonds. The molecule has 0 N–H and O–H groups in total. The molecule has 4 aromatic rings. The second kappa shape index (κ2) is 6.84. The Bertz CT molecular complexity index is 1420. The van der Waals surface area contributed by atoms with Crippen molar-refractivity contribution in [3.63, 3.8) is 0 Å². The van der Waals surface area contributed by atoms with Crippen molar-refractivity contribution in [3.8, 4) is 5.75 Å². The average Bonchev–Trinajstić information content (AvgIpc) is 3.51. The molecule has 8 nitrogen and oxygen atoms in total. The van der Waals surface area contributed by atoms with Gasteiger partial charge in [-0.15, -0.1) is 0 Å². The predicted molar refractivity (Wildman–Crippen MR) is 117 cm³/mol. The summed E-state index contributed by atoms with van der Waals surface area (Å²) < 4.78 is 30.6. The number of rotatable bonds is 6. The molecular weight excluding hydrogens is 425 g/mol. The summed E-state index contributed by atoms with van der Waals surface area (Å²) in [6, 6.07) is 3.34. The number of halogens is 1. The third kappa shape index (κ3) is 3.06. The first-order valence-corrected chi connectivity index (χ1v) is 11.1. The van der Waals surface area contributed by atoms with Crippen LogP contribution in [0.5, 0.6) is 5.75 Å². The van der Waals surface area contributed by atoms with E-state index in [4.69, 9.17) is 9.47 Å². The minimum absolute atomic E-state index is 0.0479. The van der Waals surface area contributed by atoms with E-state index in [0.717, 1.165) is 18.5 Å². The van der Waals surface area contributed by atoms with E-state index in [9.17, 15) is 4.79 Å². The second-order valence-corrected chi connectivity index (χ2v) is 9.72. The molecule has 2 saturated heterocycles. The highest BCUT2D eigenvalue weighted by Crippen LogP contribution is 2.58. The molecule has 170 valence electrons. The van der Waals surface area contributed by atoms with E-state index in [1.165, 1.54) is 4.52 Å². The van der Waals surface area contributed by atoms with Crippen LogP contribution in [0.4, 0.5) is 4.39 Å². The van der Waals surface area contributed by atoms with E-state index in [2.05, 4.69) is 22.0 Å². The number of aromatic nitrogens is 5. The minimum atomic E-state index is -0.559. The molecule has 2 bridgehead atoms. The molecule has 0 spiro atoms. The van der Waals surface area contributed by atoms with Crippen LogP contribution in [0.1, 0.15) is 55.4 Å². The number of hydrogen-bond donors (Lipinski definition) is 0. The number of ether oxygens (including phenoxy) is 2. The van der Waals surface area contributed by atoms with Crippen molar-refractivity contribution in [3.05, 3.63) is 59.7 Å². The van der Waals surface area contributed by atoms with Crippen molar-refractivity contribution in [1.82, 2.24) is 24.0 Å². The van der Waals surface area contributed by atoms with E-state index in [0.29, 0.717) is 23.5 Å². The molecule has 0 radical (unpaired) electrons. The van der Waals surface area contributed by atoms with Crippen molar-refractivity contribution in [2.75, 3.05) is 6.61 Å². The molecule has 0 aromatic carbocycles. The molecule has 9 heteroatoms. The van der Waals surface area contributed by atoms with Gasteiger partial charge in [-0.2, -0.15) is 9.49 Å². The zero-order valence-electron chi connectivity index (χ0n) is 18.7. The lowest BCUT2D eigenvalue weighted by Gasteiger charge is -2.41. The number of carbonyl (C=O) groups excluding carboxylic acids is 1. The van der Waals surface area contributed by atoms with Gasteiger partial charge in [0.05, 0.1) is 30.2 Å². The van der Waals surface area contributed by atoms with Gasteiger partial charge in [-0.05, 0) is 39.7 Å². The number of pyridine rings is 1. The highest BCUT2D eigenvalue weighted by Gasteiger charge is 2.61. The first-order chi connectivity index (χ1) is 15.8. The fourth-order valence-electron chi connectivity index (χ4n) is 5.33. The van der Waals surface area contributed by atoms with Crippen molar-refractivity contribution in [2.45, 2.75) is 57.2 Å². The zero-order valence-corrected chi connectivity index (χ0v) is 18.7. The van der Waals surface area contributed by atoms with Crippen molar-refractivity contribution in [1.29, 1.82) is 0 Å². The molecule has 6 heterocycles. The highest BCUT2D eigenvalue weighted by molar-refractivity contribution is 5.96. The van der Waals surface area contributed by atoms with E-state index < -0.39 is 5.82 Å². The van der Waals surface area contributed by atoms with Gasteiger partial charge in [0.2, 0.25) is 5.82 Å². The summed E-state index contributed by atoms with van der Waals surface area (Å²) in [7, 11) is 0. The van der Waals surface area contributed by atoms with Gasteiger partial charge in [-0.1, -0.05) is 0 Å². The van der Waals surface area contributed by atoms with Gasteiger partial charge in [0.1, 0.15) is 5.69 Å². The van der Waals surface area contributed by atoms with Crippen molar-refractivity contribution < 1.29 is 18.7 Å². The SMILES string of the molecule is CC(C)Oc1c(CC(=O)c2ccnc3ccnn23)cn2cc(C34COC(C)(C3)C4)nc2c1F. The number of nitrogens with zero attached hydrogens (tertiary/aromatic N) is 5. The van der Waals surface area contributed by atoms with Crippen LogP contribution in [-0.2, 0) is 16.6 Å². The lowest BCUT2D eigenvalue weighted by atomic mass is 9.62. The van der Waals surface area contributed by atoms with Crippen molar-refractivity contribution in [2.24, 2.45) is 0 Å². The fourth-order valence-corrected chi connectivity index (χ4v) is 5.33. The standard InChI is InChI=1S/C24H24FN5O3/c1-14(2)33-21-15(8-17(31)16-4-6-26-19-5-7-27-30(16)19)9-29-10-18(28-22(29)20(21)25)24-11-23(3,12-24)32-13-24/h4-7,9-10,14H,8,11-13H2,1-3H3. The Morgan fingerprint density at radius 1 is 1.27 bits per heavy atom. The molecule has 0 unspecified atom stereocenters. The summed E-state index contributed by atoms with van der Waals surface area (Å²) in [6.07, 6.45) is 8.21. The number of fused-ring (bicyclic) bond motifs is 3. The number of hydrogen-bond acceptors (Lipinski definition) is 6. The van der Waals surface area contributed by atoms with Gasteiger partial charge >= 0.3 is 0 Å². The first-order valence-electron chi connectivity index (χ1n) is 11.1. The fraction of sp³-hybridized carbons (Fsp3) is 0.417. The molecule has 7 rings (SSSR count). The topological polar surface area (TPSA) is 83.0 Å². The Labute approximate surface area is 189 Å². The number of Topliss-reactive ketones (excluding diaryl/α,β-unsaturated/α-hetero) is 1. The molecule has 3 fully saturated rings. The Morgan fingerprint density at radius 2 is 2.09 bits per heavy atom. The van der Waals surface area contributed by atoms with Crippen LogP contribution in [-0.4, -0.2) is 48.1 Å². The Morgan fingerprint density at radius 3 is 2.82 bits per heavy atom. The smallest absolute Gasteiger partial charge is 0.208 e.